The third-order valence-corrected chi connectivity index (χ3v) is 4.03. The molecule has 0 aliphatic rings. The normalized spacial score (nSPS) is 11.4. The van der Waals surface area contributed by atoms with Gasteiger partial charge in [0.25, 0.3) is 11.5 Å². The summed E-state index contributed by atoms with van der Waals surface area (Å²) in [7, 11) is 0. The van der Waals surface area contributed by atoms with Gasteiger partial charge in [-0.2, -0.15) is 5.21 Å². The van der Waals surface area contributed by atoms with Crippen LogP contribution in [0, 0.1) is 0 Å². The minimum atomic E-state index is -0.511. The number of nitrogens with one attached hydrogen (secondary N) is 1. The van der Waals surface area contributed by atoms with E-state index in [1.54, 1.807) is 48.5 Å². The van der Waals surface area contributed by atoms with Crippen LogP contribution in [-0.2, 0) is 0 Å². The quantitative estimate of drug-likeness (QED) is 0.558. The SMILES string of the molecule is O=c1c2ccccc2c(C=Nc2nn[nH]n2)c([O-])n1-c1cccc(Cl)c1. The molecule has 2 heterocycles. The highest BCUT2D eigenvalue weighted by atomic mass is 35.5. The standard InChI is InChI=1S/C17H11ClN6O2/c18-10-4-3-5-11(8-10)24-15(25)13-7-2-1-6-12(13)14(16(24)26)9-19-17-20-22-23-21-17/h1-9,26H,(H,20,21,22,23)/p-1. The number of tetrazole rings is 1. The van der Waals surface area contributed by atoms with Crippen molar-refractivity contribution >= 4 is 34.5 Å². The minimum Gasteiger partial charge on any atom is -0.859 e. The Hall–Kier alpha value is -3.52. The first-order valence-corrected chi connectivity index (χ1v) is 7.91. The summed E-state index contributed by atoms with van der Waals surface area (Å²) in [5.74, 6) is -0.433. The van der Waals surface area contributed by atoms with E-state index in [0.717, 1.165) is 4.57 Å². The van der Waals surface area contributed by atoms with Crippen LogP contribution in [0.1, 0.15) is 5.56 Å². The average Bonchev–Trinajstić information content (AvgIpc) is 3.15. The van der Waals surface area contributed by atoms with E-state index in [1.807, 2.05) is 0 Å². The third-order valence-electron chi connectivity index (χ3n) is 3.79. The van der Waals surface area contributed by atoms with Gasteiger partial charge in [0.05, 0.1) is 0 Å². The summed E-state index contributed by atoms with van der Waals surface area (Å²) in [5, 5.41) is 27.5. The van der Waals surface area contributed by atoms with E-state index in [-0.39, 0.29) is 11.5 Å². The molecule has 9 heteroatoms. The van der Waals surface area contributed by atoms with Crippen molar-refractivity contribution in [3.05, 3.63) is 69.5 Å². The van der Waals surface area contributed by atoms with E-state index in [0.29, 0.717) is 21.5 Å². The molecule has 26 heavy (non-hydrogen) atoms. The number of nitrogens with zero attached hydrogens (tertiary/aromatic N) is 5. The maximum absolute atomic E-state index is 13.0. The molecule has 0 aliphatic carbocycles. The highest BCUT2D eigenvalue weighted by Crippen LogP contribution is 2.25. The summed E-state index contributed by atoms with van der Waals surface area (Å²) in [4.78, 5) is 16.9. The topological polar surface area (TPSA) is 112 Å². The zero-order chi connectivity index (χ0) is 18.1. The summed E-state index contributed by atoms with van der Waals surface area (Å²) in [5.41, 5.74) is 0.196. The highest BCUT2D eigenvalue weighted by molar-refractivity contribution is 6.30. The molecule has 0 amide bonds. The fourth-order valence-corrected chi connectivity index (χ4v) is 2.85. The van der Waals surface area contributed by atoms with Gasteiger partial charge < -0.3 is 5.11 Å². The maximum atomic E-state index is 13.0. The Bertz CT molecular complexity index is 1180. The zero-order valence-electron chi connectivity index (χ0n) is 13.1. The molecule has 1 N–H and O–H groups in total. The highest BCUT2D eigenvalue weighted by Gasteiger charge is 2.11. The Labute approximate surface area is 151 Å². The molecule has 128 valence electrons. The van der Waals surface area contributed by atoms with Crippen molar-refractivity contribution in [1.82, 2.24) is 25.2 Å². The predicted octanol–water partition coefficient (Wildman–Crippen LogP) is 1.98. The molecule has 0 bridgehead atoms. The van der Waals surface area contributed by atoms with E-state index in [4.69, 9.17) is 11.6 Å². The van der Waals surface area contributed by atoms with Crippen molar-refractivity contribution < 1.29 is 5.11 Å². The van der Waals surface area contributed by atoms with Gasteiger partial charge in [0, 0.05) is 27.9 Å². The Morgan fingerprint density at radius 1 is 1.15 bits per heavy atom. The lowest BCUT2D eigenvalue weighted by atomic mass is 10.1. The Balaban J connectivity index is 2.03. The summed E-state index contributed by atoms with van der Waals surface area (Å²) < 4.78 is 1.08. The number of pyridine rings is 1. The van der Waals surface area contributed by atoms with Gasteiger partial charge in [-0.25, -0.2) is 4.99 Å². The number of halogens is 1. The number of hydrogen-bond donors (Lipinski definition) is 1. The molecule has 0 aliphatic heterocycles. The molecule has 0 atom stereocenters. The molecule has 0 unspecified atom stereocenters. The first-order chi connectivity index (χ1) is 12.6. The minimum absolute atomic E-state index is 0.0778. The van der Waals surface area contributed by atoms with Gasteiger partial charge in [0.2, 0.25) is 0 Å². The lowest BCUT2D eigenvalue weighted by Gasteiger charge is -2.21. The molecular formula is C17H10ClN6O2-. The van der Waals surface area contributed by atoms with Gasteiger partial charge in [-0.15, -0.1) is 5.10 Å². The Morgan fingerprint density at radius 3 is 2.69 bits per heavy atom. The first-order valence-electron chi connectivity index (χ1n) is 7.53. The molecule has 0 spiro atoms. The Kier molecular flexibility index (Phi) is 3.94. The van der Waals surface area contributed by atoms with Crippen LogP contribution in [0.5, 0.6) is 5.88 Å². The number of H-pyrrole nitrogens is 1. The molecule has 2 aromatic carbocycles. The molecule has 8 nitrogen and oxygen atoms in total. The summed E-state index contributed by atoms with van der Waals surface area (Å²) in [6.45, 7) is 0. The Morgan fingerprint density at radius 2 is 1.96 bits per heavy atom. The van der Waals surface area contributed by atoms with Gasteiger partial charge in [0.1, 0.15) is 0 Å². The average molecular weight is 366 g/mol. The molecule has 0 radical (unpaired) electrons. The van der Waals surface area contributed by atoms with Gasteiger partial charge in [0.15, 0.2) is 0 Å². The molecular weight excluding hydrogens is 356 g/mol. The van der Waals surface area contributed by atoms with Crippen molar-refractivity contribution in [2.24, 2.45) is 4.99 Å². The number of aliphatic imine (C=N–C) groups is 1. The van der Waals surface area contributed by atoms with Crippen LogP contribution in [-0.4, -0.2) is 31.4 Å². The third kappa shape index (κ3) is 2.72. The van der Waals surface area contributed by atoms with E-state index < -0.39 is 11.4 Å². The van der Waals surface area contributed by atoms with Crippen LogP contribution in [0.25, 0.3) is 16.5 Å². The van der Waals surface area contributed by atoms with Crippen LogP contribution < -0.4 is 10.7 Å². The van der Waals surface area contributed by atoms with Crippen LogP contribution >= 0.6 is 11.6 Å². The van der Waals surface area contributed by atoms with Crippen LogP contribution in [0.4, 0.5) is 5.95 Å². The van der Waals surface area contributed by atoms with E-state index in [9.17, 15) is 9.90 Å². The van der Waals surface area contributed by atoms with Gasteiger partial charge in [-0.1, -0.05) is 41.0 Å². The second-order valence-electron chi connectivity index (χ2n) is 5.35. The first kappa shape index (κ1) is 16.0. The number of aromatic amines is 1. The van der Waals surface area contributed by atoms with E-state index in [2.05, 4.69) is 25.6 Å². The fourth-order valence-electron chi connectivity index (χ4n) is 2.66. The van der Waals surface area contributed by atoms with Crippen molar-refractivity contribution in [3.63, 3.8) is 0 Å². The second kappa shape index (κ2) is 6.41. The maximum Gasteiger partial charge on any atom is 0.288 e. The molecule has 4 aromatic rings. The second-order valence-corrected chi connectivity index (χ2v) is 5.79. The molecule has 0 saturated heterocycles. The van der Waals surface area contributed by atoms with Gasteiger partial charge in [-0.3, -0.25) is 9.36 Å². The number of aromatic nitrogens is 5. The summed E-state index contributed by atoms with van der Waals surface area (Å²) >= 11 is 6.02. The lowest BCUT2D eigenvalue weighted by molar-refractivity contribution is -0.277. The van der Waals surface area contributed by atoms with Crippen molar-refractivity contribution in [2.45, 2.75) is 0 Å². The molecule has 0 saturated carbocycles. The molecule has 2 aromatic heterocycles. The van der Waals surface area contributed by atoms with Gasteiger partial charge >= 0.3 is 0 Å². The van der Waals surface area contributed by atoms with E-state index >= 15 is 0 Å². The van der Waals surface area contributed by atoms with Crippen LogP contribution in [0.3, 0.4) is 0 Å². The number of rotatable bonds is 3. The van der Waals surface area contributed by atoms with Crippen LogP contribution in [0.15, 0.2) is 58.3 Å². The number of fused-ring (bicyclic) bond motifs is 1. The summed E-state index contributed by atoms with van der Waals surface area (Å²) in [6.07, 6.45) is 1.33. The van der Waals surface area contributed by atoms with Gasteiger partial charge in [-0.05, 0) is 40.7 Å². The van der Waals surface area contributed by atoms with Crippen LogP contribution in [0.2, 0.25) is 5.02 Å². The monoisotopic (exact) mass is 365 g/mol. The summed E-state index contributed by atoms with van der Waals surface area (Å²) in [6, 6.07) is 13.4. The predicted molar refractivity (Wildman–Crippen MR) is 95.4 cm³/mol. The number of benzene rings is 2. The fraction of sp³-hybridized carbons (Fsp3) is 0. The number of hydrogen-bond acceptors (Lipinski definition) is 6. The lowest BCUT2D eigenvalue weighted by Crippen LogP contribution is -2.24. The van der Waals surface area contributed by atoms with Crippen molar-refractivity contribution in [3.8, 4) is 11.6 Å². The van der Waals surface area contributed by atoms with Crippen molar-refractivity contribution in [1.29, 1.82) is 0 Å². The molecule has 0 fully saturated rings. The smallest absolute Gasteiger partial charge is 0.288 e. The zero-order valence-corrected chi connectivity index (χ0v) is 13.9. The van der Waals surface area contributed by atoms with Crippen molar-refractivity contribution in [2.75, 3.05) is 0 Å². The molecule has 4 rings (SSSR count). The van der Waals surface area contributed by atoms with E-state index in [1.165, 1.54) is 6.21 Å². The largest absolute Gasteiger partial charge is 0.859 e.